The van der Waals surface area contributed by atoms with Crippen molar-refractivity contribution < 1.29 is 28.5 Å². The summed E-state index contributed by atoms with van der Waals surface area (Å²) in [6.07, 6.45) is 8.59. The second kappa shape index (κ2) is 16.4. The Labute approximate surface area is 307 Å². The van der Waals surface area contributed by atoms with Crippen LogP contribution in [0.5, 0.6) is 11.5 Å². The monoisotopic (exact) mass is 717 g/mol. The van der Waals surface area contributed by atoms with Gasteiger partial charge in [0, 0.05) is 61.4 Å². The Morgan fingerprint density at radius 1 is 0.887 bits per heavy atom. The summed E-state index contributed by atoms with van der Waals surface area (Å²) < 4.78 is 30.2. The lowest BCUT2D eigenvalue weighted by atomic mass is 10.00. The Hall–Kier alpha value is -5.56. The van der Waals surface area contributed by atoms with E-state index in [0.717, 1.165) is 40.7 Å². The molecular formula is C41H43N5O7. The molecule has 2 aliphatic heterocycles. The molecule has 2 aromatic carbocycles. The van der Waals surface area contributed by atoms with Gasteiger partial charge in [-0.25, -0.2) is 4.98 Å². The second-order valence-electron chi connectivity index (χ2n) is 13.3. The summed E-state index contributed by atoms with van der Waals surface area (Å²) in [7, 11) is 1.60. The molecule has 0 saturated carbocycles. The molecule has 12 heteroatoms. The van der Waals surface area contributed by atoms with E-state index in [4.69, 9.17) is 29.4 Å². The number of nitrogens with two attached hydrogens (primary N) is 1. The van der Waals surface area contributed by atoms with E-state index in [2.05, 4.69) is 15.3 Å². The number of aromatic nitrogens is 3. The summed E-state index contributed by atoms with van der Waals surface area (Å²) in [6.45, 7) is 6.01. The number of hydrogen-bond donors (Lipinski definition) is 2. The summed E-state index contributed by atoms with van der Waals surface area (Å²) in [4.78, 5) is 36.4. The average molecular weight is 718 g/mol. The maximum absolute atomic E-state index is 13.7. The summed E-state index contributed by atoms with van der Waals surface area (Å²) in [6, 6.07) is 18.6. The normalized spacial score (nSPS) is 16.2. The van der Waals surface area contributed by atoms with Gasteiger partial charge < -0.3 is 39.3 Å². The Balaban J connectivity index is 1.09. The van der Waals surface area contributed by atoms with Gasteiger partial charge in [0.15, 0.2) is 11.5 Å². The van der Waals surface area contributed by atoms with Crippen molar-refractivity contribution in [3.8, 4) is 45.0 Å². The Kier molecular flexibility index (Phi) is 11.1. The standard InChI is InChI=1S/C41H43N5O7/c1-26-3-9-36(43-19-26)34-22-46(21-27-11-13-50-14-12-27)23-35(39(34)47)41(48)45-31-7-4-28(5-8-31)33-17-30(20-44-40(33)42)29-6-10-37(38(18-29)49-2)53-25-32-24-51-15-16-52-32/h3-10,17-20,22-23,27,32H,11-16,21,24-25H2,1-2H3,(H2,42,44)(H,45,48)/t32-/m1/s1. The number of carbonyl (C=O) groups is 1. The van der Waals surface area contributed by atoms with Crippen molar-refractivity contribution in [2.24, 2.45) is 5.92 Å². The van der Waals surface area contributed by atoms with Crippen molar-refractivity contribution >= 4 is 17.4 Å². The number of anilines is 2. The van der Waals surface area contributed by atoms with Crippen molar-refractivity contribution in [2.75, 3.05) is 57.8 Å². The van der Waals surface area contributed by atoms with Gasteiger partial charge in [-0.1, -0.05) is 24.3 Å². The maximum Gasteiger partial charge on any atom is 0.261 e. The second-order valence-corrected chi connectivity index (χ2v) is 13.3. The molecule has 2 aliphatic rings. The lowest BCUT2D eigenvalue weighted by molar-refractivity contribution is -0.101. The predicted octanol–water partition coefficient (Wildman–Crippen LogP) is 6.01. The highest BCUT2D eigenvalue weighted by Gasteiger charge is 2.21. The van der Waals surface area contributed by atoms with Gasteiger partial charge in [0.1, 0.15) is 24.1 Å². The minimum absolute atomic E-state index is 0.0466. The van der Waals surface area contributed by atoms with Gasteiger partial charge >= 0.3 is 0 Å². The molecule has 1 atom stereocenters. The third kappa shape index (κ3) is 8.57. The van der Waals surface area contributed by atoms with Crippen molar-refractivity contribution in [3.05, 3.63) is 107 Å². The van der Waals surface area contributed by atoms with Crippen LogP contribution in [0.25, 0.3) is 33.5 Å². The first-order valence-electron chi connectivity index (χ1n) is 17.8. The lowest BCUT2D eigenvalue weighted by Gasteiger charge is -2.23. The van der Waals surface area contributed by atoms with Crippen LogP contribution in [0.3, 0.4) is 0 Å². The molecule has 5 heterocycles. The zero-order valence-electron chi connectivity index (χ0n) is 29.9. The summed E-state index contributed by atoms with van der Waals surface area (Å²) in [5.74, 6) is 1.42. The molecule has 7 rings (SSSR count). The Morgan fingerprint density at radius 3 is 2.43 bits per heavy atom. The van der Waals surface area contributed by atoms with Gasteiger partial charge in [0.25, 0.3) is 5.91 Å². The van der Waals surface area contributed by atoms with E-state index in [1.807, 2.05) is 60.0 Å². The maximum atomic E-state index is 13.7. The van der Waals surface area contributed by atoms with Gasteiger partial charge in [-0.15, -0.1) is 0 Å². The molecule has 2 fully saturated rings. The van der Waals surface area contributed by atoms with Crippen LogP contribution >= 0.6 is 0 Å². The minimum Gasteiger partial charge on any atom is -0.493 e. The number of nitrogens with one attached hydrogen (secondary N) is 1. The number of amides is 1. The van der Waals surface area contributed by atoms with Crippen LogP contribution in [-0.4, -0.2) is 73.3 Å². The SMILES string of the molecule is COc1cc(-c2cnc(N)c(-c3ccc(NC(=O)c4cn(CC5CCOCC5)cc(-c5ccc(C)cn5)c4=O)cc3)c2)ccc1OC[C@H]1COCCO1. The van der Waals surface area contributed by atoms with Crippen LogP contribution < -0.4 is 26.0 Å². The van der Waals surface area contributed by atoms with Gasteiger partial charge in [-0.3, -0.25) is 14.6 Å². The third-order valence-electron chi connectivity index (χ3n) is 9.50. The first-order valence-corrected chi connectivity index (χ1v) is 17.8. The quantitative estimate of drug-likeness (QED) is 0.166. The number of benzene rings is 2. The molecule has 3 N–H and O–H groups in total. The van der Waals surface area contributed by atoms with Crippen LogP contribution in [-0.2, 0) is 20.8 Å². The van der Waals surface area contributed by atoms with Crippen LogP contribution in [0.2, 0.25) is 0 Å². The van der Waals surface area contributed by atoms with Crippen LogP contribution in [0.4, 0.5) is 11.5 Å². The molecule has 0 bridgehead atoms. The average Bonchev–Trinajstić information content (AvgIpc) is 3.19. The highest BCUT2D eigenvalue weighted by atomic mass is 16.6. The number of nitrogen functional groups attached to an aromatic ring is 1. The summed E-state index contributed by atoms with van der Waals surface area (Å²) >= 11 is 0. The first kappa shape index (κ1) is 35.8. The van der Waals surface area contributed by atoms with Crippen molar-refractivity contribution in [2.45, 2.75) is 32.4 Å². The summed E-state index contributed by atoms with van der Waals surface area (Å²) in [5, 5.41) is 2.92. The number of carbonyl (C=O) groups excluding carboxylic acids is 1. The fourth-order valence-corrected chi connectivity index (χ4v) is 6.51. The molecule has 274 valence electrons. The van der Waals surface area contributed by atoms with E-state index in [1.165, 1.54) is 0 Å². The number of pyridine rings is 3. The van der Waals surface area contributed by atoms with Gasteiger partial charge in [-0.2, -0.15) is 0 Å². The molecule has 3 aromatic heterocycles. The highest BCUT2D eigenvalue weighted by Crippen LogP contribution is 2.35. The van der Waals surface area contributed by atoms with Crippen LogP contribution in [0.1, 0.15) is 28.8 Å². The Morgan fingerprint density at radius 2 is 1.70 bits per heavy atom. The Bertz CT molecular complexity index is 2110. The number of nitrogens with zero attached hydrogens (tertiary/aromatic N) is 3. The van der Waals surface area contributed by atoms with E-state index in [0.29, 0.717) is 86.4 Å². The zero-order valence-corrected chi connectivity index (χ0v) is 29.9. The largest absolute Gasteiger partial charge is 0.493 e. The van der Waals surface area contributed by atoms with E-state index < -0.39 is 5.91 Å². The van der Waals surface area contributed by atoms with Crippen LogP contribution in [0, 0.1) is 12.8 Å². The van der Waals surface area contributed by atoms with E-state index >= 15 is 0 Å². The molecule has 0 spiro atoms. The highest BCUT2D eigenvalue weighted by molar-refractivity contribution is 6.04. The molecule has 5 aromatic rings. The van der Waals surface area contributed by atoms with E-state index in [-0.39, 0.29) is 17.1 Å². The zero-order chi connectivity index (χ0) is 36.7. The third-order valence-corrected chi connectivity index (χ3v) is 9.50. The first-order chi connectivity index (χ1) is 25.8. The molecule has 1 amide bonds. The molecule has 0 aliphatic carbocycles. The lowest BCUT2D eigenvalue weighted by Crippen LogP contribution is -2.33. The van der Waals surface area contributed by atoms with Crippen molar-refractivity contribution in [3.63, 3.8) is 0 Å². The molecule has 0 radical (unpaired) electrons. The fourth-order valence-electron chi connectivity index (χ4n) is 6.51. The molecule has 0 unspecified atom stereocenters. The smallest absolute Gasteiger partial charge is 0.261 e. The predicted molar refractivity (Wildman–Crippen MR) is 202 cm³/mol. The number of hydrogen-bond acceptors (Lipinski definition) is 10. The van der Waals surface area contributed by atoms with Gasteiger partial charge in [0.05, 0.1) is 38.2 Å². The number of methoxy groups -OCH3 is 1. The molecular weight excluding hydrogens is 674 g/mol. The van der Waals surface area contributed by atoms with Gasteiger partial charge in [0.2, 0.25) is 5.43 Å². The van der Waals surface area contributed by atoms with Crippen LogP contribution in [0.15, 0.2) is 90.2 Å². The van der Waals surface area contributed by atoms with Crippen molar-refractivity contribution in [1.29, 1.82) is 0 Å². The summed E-state index contributed by atoms with van der Waals surface area (Å²) in [5.41, 5.74) is 11.7. The van der Waals surface area contributed by atoms with Crippen molar-refractivity contribution in [1.82, 2.24) is 14.5 Å². The molecule has 53 heavy (non-hydrogen) atoms. The number of ether oxygens (including phenoxy) is 5. The number of rotatable bonds is 11. The van der Waals surface area contributed by atoms with Gasteiger partial charge in [-0.05, 0) is 78.8 Å². The minimum atomic E-state index is -0.499. The molecule has 12 nitrogen and oxygen atoms in total. The fraction of sp³-hybridized carbons (Fsp3) is 0.317. The topological polar surface area (TPSA) is 149 Å². The molecule has 2 saturated heterocycles. The number of aryl methyl sites for hydroxylation is 1. The van der Waals surface area contributed by atoms with E-state index in [9.17, 15) is 9.59 Å². The van der Waals surface area contributed by atoms with E-state index in [1.54, 1.807) is 44.0 Å².